The van der Waals surface area contributed by atoms with Gasteiger partial charge in [-0.2, -0.15) is 0 Å². The highest BCUT2D eigenvalue weighted by Gasteiger charge is 2.33. The molecule has 122 valence electrons. The molecule has 1 saturated heterocycles. The zero-order valence-electron chi connectivity index (χ0n) is 12.9. The van der Waals surface area contributed by atoms with E-state index in [4.69, 9.17) is 0 Å². The fourth-order valence-electron chi connectivity index (χ4n) is 2.81. The van der Waals surface area contributed by atoms with Crippen LogP contribution in [0.4, 0.5) is 5.69 Å². The first-order valence-electron chi connectivity index (χ1n) is 7.94. The highest BCUT2D eigenvalue weighted by atomic mass is 16.2. The summed E-state index contributed by atoms with van der Waals surface area (Å²) in [5, 5.41) is 2.54. The Bertz CT molecular complexity index is 593. The van der Waals surface area contributed by atoms with Crippen molar-refractivity contribution in [1.29, 1.82) is 0 Å². The van der Waals surface area contributed by atoms with Gasteiger partial charge in [-0.05, 0) is 25.0 Å². The number of piperazine rings is 1. The van der Waals surface area contributed by atoms with Crippen LogP contribution in [0.1, 0.15) is 19.3 Å². The standard InChI is InChI=1S/C16H20N4O3/c21-14(18-13-5-2-6-17-11-13)16(23)20-9-7-19(8-10-20)15(22)12-3-1-4-12/h2,5-6,11-12H,1,3-4,7-10H2,(H,18,21). The third kappa shape index (κ3) is 3.49. The first-order chi connectivity index (χ1) is 11.1. The molecule has 3 rings (SSSR count). The van der Waals surface area contributed by atoms with Crippen LogP contribution in [-0.4, -0.2) is 58.7 Å². The largest absolute Gasteiger partial charge is 0.339 e. The third-order valence-electron chi connectivity index (χ3n) is 4.45. The van der Waals surface area contributed by atoms with Crippen LogP contribution in [0.15, 0.2) is 24.5 Å². The number of pyridine rings is 1. The van der Waals surface area contributed by atoms with E-state index in [0.717, 1.165) is 19.3 Å². The van der Waals surface area contributed by atoms with Crippen LogP contribution in [-0.2, 0) is 14.4 Å². The molecule has 1 saturated carbocycles. The van der Waals surface area contributed by atoms with Crippen molar-refractivity contribution in [2.45, 2.75) is 19.3 Å². The molecule has 23 heavy (non-hydrogen) atoms. The van der Waals surface area contributed by atoms with Crippen molar-refractivity contribution in [1.82, 2.24) is 14.8 Å². The number of hydrogen-bond donors (Lipinski definition) is 1. The first kappa shape index (κ1) is 15.5. The fraction of sp³-hybridized carbons (Fsp3) is 0.500. The molecule has 1 aromatic heterocycles. The second kappa shape index (κ2) is 6.76. The Hall–Kier alpha value is -2.44. The van der Waals surface area contributed by atoms with Gasteiger partial charge in [-0.3, -0.25) is 19.4 Å². The molecule has 1 aromatic rings. The van der Waals surface area contributed by atoms with E-state index < -0.39 is 11.8 Å². The van der Waals surface area contributed by atoms with E-state index in [0.29, 0.717) is 31.9 Å². The topological polar surface area (TPSA) is 82.6 Å². The Morgan fingerprint density at radius 1 is 1.09 bits per heavy atom. The van der Waals surface area contributed by atoms with Crippen molar-refractivity contribution in [2.75, 3.05) is 31.5 Å². The lowest BCUT2D eigenvalue weighted by molar-refractivity contribution is -0.147. The summed E-state index contributed by atoms with van der Waals surface area (Å²) in [5.41, 5.74) is 0.490. The Morgan fingerprint density at radius 3 is 2.35 bits per heavy atom. The summed E-state index contributed by atoms with van der Waals surface area (Å²) in [6, 6.07) is 3.36. The summed E-state index contributed by atoms with van der Waals surface area (Å²) in [5.74, 6) is -0.865. The Balaban J connectivity index is 1.49. The van der Waals surface area contributed by atoms with Crippen LogP contribution in [0, 0.1) is 5.92 Å². The minimum atomic E-state index is -0.670. The maximum atomic E-state index is 12.2. The van der Waals surface area contributed by atoms with Gasteiger partial charge < -0.3 is 15.1 Å². The second-order valence-electron chi connectivity index (χ2n) is 5.94. The highest BCUT2D eigenvalue weighted by molar-refractivity contribution is 6.39. The number of rotatable bonds is 2. The van der Waals surface area contributed by atoms with Gasteiger partial charge in [-0.25, -0.2) is 0 Å². The Labute approximate surface area is 134 Å². The number of nitrogens with one attached hydrogen (secondary N) is 1. The molecule has 0 bridgehead atoms. The molecule has 0 atom stereocenters. The van der Waals surface area contributed by atoms with Crippen molar-refractivity contribution in [3.63, 3.8) is 0 Å². The molecule has 0 unspecified atom stereocenters. The van der Waals surface area contributed by atoms with Crippen LogP contribution >= 0.6 is 0 Å². The molecule has 1 aliphatic carbocycles. The lowest BCUT2D eigenvalue weighted by Crippen LogP contribution is -2.54. The minimum absolute atomic E-state index is 0.172. The van der Waals surface area contributed by atoms with Crippen molar-refractivity contribution in [3.8, 4) is 0 Å². The summed E-state index contributed by atoms with van der Waals surface area (Å²) in [7, 11) is 0. The molecule has 1 aliphatic heterocycles. The number of carbonyl (C=O) groups is 3. The summed E-state index contributed by atoms with van der Waals surface area (Å²) in [6.45, 7) is 1.80. The SMILES string of the molecule is O=C(Nc1cccnc1)C(=O)N1CCN(C(=O)C2CCC2)CC1. The minimum Gasteiger partial charge on any atom is -0.339 e. The monoisotopic (exact) mass is 316 g/mol. The molecule has 2 aliphatic rings. The van der Waals surface area contributed by atoms with Gasteiger partial charge in [0.05, 0.1) is 11.9 Å². The molecule has 2 heterocycles. The molecule has 7 heteroatoms. The van der Waals surface area contributed by atoms with Crippen LogP contribution in [0.25, 0.3) is 0 Å². The van der Waals surface area contributed by atoms with E-state index in [-0.39, 0.29) is 11.8 Å². The van der Waals surface area contributed by atoms with Crippen LogP contribution in [0.3, 0.4) is 0 Å². The zero-order valence-corrected chi connectivity index (χ0v) is 12.9. The summed E-state index contributed by atoms with van der Waals surface area (Å²) in [4.78, 5) is 43.5. The number of hydrogen-bond acceptors (Lipinski definition) is 4. The normalized spacial score (nSPS) is 18.3. The van der Waals surface area contributed by atoms with E-state index in [2.05, 4.69) is 10.3 Å². The van der Waals surface area contributed by atoms with Crippen LogP contribution < -0.4 is 5.32 Å². The average molecular weight is 316 g/mol. The van der Waals surface area contributed by atoms with Gasteiger partial charge in [0.1, 0.15) is 0 Å². The third-order valence-corrected chi connectivity index (χ3v) is 4.45. The average Bonchev–Trinajstić information content (AvgIpc) is 2.53. The lowest BCUT2D eigenvalue weighted by atomic mass is 9.84. The van der Waals surface area contributed by atoms with E-state index >= 15 is 0 Å². The predicted octanol–water partition coefficient (Wildman–Crippen LogP) is 0.491. The number of carbonyl (C=O) groups excluding carboxylic acids is 3. The summed E-state index contributed by atoms with van der Waals surface area (Å²) >= 11 is 0. The molecule has 7 nitrogen and oxygen atoms in total. The molecular weight excluding hydrogens is 296 g/mol. The number of aromatic nitrogens is 1. The first-order valence-corrected chi connectivity index (χ1v) is 7.94. The zero-order chi connectivity index (χ0) is 16.2. The molecule has 1 N–H and O–H groups in total. The van der Waals surface area contributed by atoms with Gasteiger partial charge in [0.2, 0.25) is 5.91 Å². The number of nitrogens with zero attached hydrogens (tertiary/aromatic N) is 3. The second-order valence-corrected chi connectivity index (χ2v) is 5.94. The van der Waals surface area contributed by atoms with Gasteiger partial charge in [0, 0.05) is 38.3 Å². The summed E-state index contributed by atoms with van der Waals surface area (Å²) < 4.78 is 0. The smallest absolute Gasteiger partial charge is 0.313 e. The van der Waals surface area contributed by atoms with Crippen molar-refractivity contribution >= 4 is 23.4 Å². The predicted molar refractivity (Wildman–Crippen MR) is 83.4 cm³/mol. The van der Waals surface area contributed by atoms with Crippen molar-refractivity contribution in [2.24, 2.45) is 5.92 Å². The van der Waals surface area contributed by atoms with Gasteiger partial charge in [-0.1, -0.05) is 6.42 Å². The van der Waals surface area contributed by atoms with E-state index in [1.165, 1.54) is 11.1 Å². The number of anilines is 1. The maximum Gasteiger partial charge on any atom is 0.313 e. The molecular formula is C16H20N4O3. The van der Waals surface area contributed by atoms with E-state index in [9.17, 15) is 14.4 Å². The maximum absolute atomic E-state index is 12.2. The molecule has 0 spiro atoms. The Kier molecular flexibility index (Phi) is 4.55. The lowest BCUT2D eigenvalue weighted by Gasteiger charge is -2.37. The molecule has 0 radical (unpaired) electrons. The van der Waals surface area contributed by atoms with E-state index in [1.54, 1.807) is 18.3 Å². The fourth-order valence-corrected chi connectivity index (χ4v) is 2.81. The van der Waals surface area contributed by atoms with Crippen LogP contribution in [0.5, 0.6) is 0 Å². The highest BCUT2D eigenvalue weighted by Crippen LogP contribution is 2.28. The number of amides is 3. The van der Waals surface area contributed by atoms with Crippen molar-refractivity contribution in [3.05, 3.63) is 24.5 Å². The molecule has 3 amide bonds. The van der Waals surface area contributed by atoms with Crippen molar-refractivity contribution < 1.29 is 14.4 Å². The van der Waals surface area contributed by atoms with E-state index in [1.807, 2.05) is 4.90 Å². The Morgan fingerprint density at radius 2 is 1.78 bits per heavy atom. The quantitative estimate of drug-likeness (QED) is 0.805. The van der Waals surface area contributed by atoms with Gasteiger partial charge in [0.25, 0.3) is 0 Å². The van der Waals surface area contributed by atoms with Gasteiger partial charge in [-0.15, -0.1) is 0 Å². The molecule has 0 aromatic carbocycles. The van der Waals surface area contributed by atoms with Gasteiger partial charge >= 0.3 is 11.8 Å². The molecule has 2 fully saturated rings. The van der Waals surface area contributed by atoms with Gasteiger partial charge in [0.15, 0.2) is 0 Å². The van der Waals surface area contributed by atoms with Crippen LogP contribution in [0.2, 0.25) is 0 Å². The summed E-state index contributed by atoms with van der Waals surface area (Å²) in [6.07, 6.45) is 6.16.